The van der Waals surface area contributed by atoms with Gasteiger partial charge >= 0.3 is 0 Å². The first-order valence-electron chi connectivity index (χ1n) is 7.57. The molecule has 9 heteroatoms. The van der Waals surface area contributed by atoms with Crippen LogP contribution in [0.2, 0.25) is 10.0 Å². The molecule has 3 rings (SSSR count). The Hall–Kier alpha value is -2.74. The second-order valence-electron chi connectivity index (χ2n) is 5.34. The van der Waals surface area contributed by atoms with Crippen LogP contribution in [0.3, 0.4) is 0 Å². The van der Waals surface area contributed by atoms with E-state index in [9.17, 15) is 14.9 Å². The summed E-state index contributed by atoms with van der Waals surface area (Å²) in [6.45, 7) is 0. The normalized spacial score (nSPS) is 10.9. The highest BCUT2D eigenvalue weighted by molar-refractivity contribution is 7.14. The van der Waals surface area contributed by atoms with E-state index in [0.29, 0.717) is 15.7 Å². The number of benzene rings is 2. The van der Waals surface area contributed by atoms with Crippen molar-refractivity contribution in [1.82, 2.24) is 4.98 Å². The van der Waals surface area contributed by atoms with Crippen LogP contribution in [0.5, 0.6) is 0 Å². The fraction of sp³-hybridized carbons (Fsp3) is 0. The highest BCUT2D eigenvalue weighted by atomic mass is 35.5. The van der Waals surface area contributed by atoms with Gasteiger partial charge in [-0.3, -0.25) is 20.2 Å². The first kappa shape index (κ1) is 19.0. The lowest BCUT2D eigenvalue weighted by Crippen LogP contribution is -2.07. The van der Waals surface area contributed by atoms with Crippen LogP contribution in [0.1, 0.15) is 5.56 Å². The van der Waals surface area contributed by atoms with Gasteiger partial charge in [0, 0.05) is 28.1 Å². The lowest BCUT2D eigenvalue weighted by molar-refractivity contribution is -0.384. The third-order valence-electron chi connectivity index (χ3n) is 3.47. The van der Waals surface area contributed by atoms with Crippen molar-refractivity contribution < 1.29 is 9.72 Å². The number of amides is 1. The first-order chi connectivity index (χ1) is 12.9. The minimum absolute atomic E-state index is 0.0408. The molecule has 0 unspecified atom stereocenters. The molecular weight excluding hydrogens is 409 g/mol. The number of nitro groups is 1. The number of thiazole rings is 1. The molecule has 0 radical (unpaired) electrons. The first-order valence-corrected chi connectivity index (χ1v) is 9.20. The topological polar surface area (TPSA) is 85.1 Å². The Morgan fingerprint density at radius 3 is 2.63 bits per heavy atom. The number of aromatic nitrogens is 1. The highest BCUT2D eigenvalue weighted by Crippen LogP contribution is 2.27. The summed E-state index contributed by atoms with van der Waals surface area (Å²) in [5.41, 5.74) is 1.89. The molecule has 0 fully saturated rings. The van der Waals surface area contributed by atoms with Gasteiger partial charge in [-0.1, -0.05) is 41.4 Å². The fourth-order valence-corrected chi connectivity index (χ4v) is 3.21. The summed E-state index contributed by atoms with van der Waals surface area (Å²) < 4.78 is 0. The molecule has 0 bridgehead atoms. The van der Waals surface area contributed by atoms with Crippen LogP contribution in [0.25, 0.3) is 17.3 Å². The molecule has 1 amide bonds. The Bertz CT molecular complexity index is 1030. The van der Waals surface area contributed by atoms with Gasteiger partial charge < -0.3 is 0 Å². The Morgan fingerprint density at radius 2 is 1.93 bits per heavy atom. The number of anilines is 1. The van der Waals surface area contributed by atoms with Crippen molar-refractivity contribution in [2.45, 2.75) is 0 Å². The summed E-state index contributed by atoms with van der Waals surface area (Å²) in [7, 11) is 0. The lowest BCUT2D eigenvalue weighted by atomic mass is 10.2. The SMILES string of the molecule is O=C(C=Cc1ccc(Cl)c([N+](=O)[O-])c1)Nc1nc(-c2ccc(Cl)cc2)cs1. The van der Waals surface area contributed by atoms with Gasteiger partial charge in [-0.15, -0.1) is 11.3 Å². The number of nitro benzene ring substituents is 1. The summed E-state index contributed by atoms with van der Waals surface area (Å²) in [6, 6.07) is 11.5. The van der Waals surface area contributed by atoms with Gasteiger partial charge in [-0.25, -0.2) is 4.98 Å². The summed E-state index contributed by atoms with van der Waals surface area (Å²) in [6.07, 6.45) is 2.74. The van der Waals surface area contributed by atoms with Crippen molar-refractivity contribution in [2.24, 2.45) is 0 Å². The largest absolute Gasteiger partial charge is 0.298 e. The zero-order valence-corrected chi connectivity index (χ0v) is 15.9. The summed E-state index contributed by atoms with van der Waals surface area (Å²) in [5.74, 6) is -0.399. The number of carbonyl (C=O) groups is 1. The minimum Gasteiger partial charge on any atom is -0.298 e. The molecule has 1 N–H and O–H groups in total. The molecule has 1 heterocycles. The van der Waals surface area contributed by atoms with Gasteiger partial charge in [0.1, 0.15) is 5.02 Å². The molecule has 0 saturated heterocycles. The maximum Gasteiger partial charge on any atom is 0.288 e. The quantitative estimate of drug-likeness (QED) is 0.327. The van der Waals surface area contributed by atoms with Gasteiger partial charge in [0.15, 0.2) is 5.13 Å². The monoisotopic (exact) mass is 419 g/mol. The van der Waals surface area contributed by atoms with Gasteiger partial charge in [-0.2, -0.15) is 0 Å². The molecule has 0 spiro atoms. The molecule has 1 aromatic heterocycles. The van der Waals surface area contributed by atoms with E-state index in [1.54, 1.807) is 18.2 Å². The Balaban J connectivity index is 1.68. The van der Waals surface area contributed by atoms with Crippen LogP contribution < -0.4 is 5.32 Å². The van der Waals surface area contributed by atoms with E-state index in [4.69, 9.17) is 23.2 Å². The molecule has 0 aliphatic carbocycles. The predicted octanol–water partition coefficient (Wildman–Crippen LogP) is 5.68. The molecule has 0 aliphatic heterocycles. The minimum atomic E-state index is -0.576. The summed E-state index contributed by atoms with van der Waals surface area (Å²) in [4.78, 5) is 26.7. The zero-order chi connectivity index (χ0) is 19.4. The predicted molar refractivity (Wildman–Crippen MR) is 108 cm³/mol. The average Bonchev–Trinajstić information content (AvgIpc) is 3.09. The summed E-state index contributed by atoms with van der Waals surface area (Å²) >= 11 is 12.9. The Labute approximate surface area is 168 Å². The third-order valence-corrected chi connectivity index (χ3v) is 4.80. The van der Waals surface area contributed by atoms with Crippen molar-refractivity contribution >= 4 is 57.3 Å². The molecule has 136 valence electrons. The molecular formula is C18H11Cl2N3O3S. The van der Waals surface area contributed by atoms with Crippen molar-refractivity contribution in [2.75, 3.05) is 5.32 Å². The van der Waals surface area contributed by atoms with Gasteiger partial charge in [0.2, 0.25) is 5.91 Å². The van der Waals surface area contributed by atoms with Gasteiger partial charge in [-0.05, 0) is 29.8 Å². The molecule has 6 nitrogen and oxygen atoms in total. The average molecular weight is 420 g/mol. The Kier molecular flexibility index (Phi) is 5.85. The van der Waals surface area contributed by atoms with Crippen molar-refractivity contribution in [3.8, 4) is 11.3 Å². The van der Waals surface area contributed by atoms with Gasteiger partial charge in [0.25, 0.3) is 5.69 Å². The molecule has 0 saturated carbocycles. The number of hydrogen-bond acceptors (Lipinski definition) is 5. The van der Waals surface area contributed by atoms with Crippen LogP contribution in [0, 0.1) is 10.1 Å². The smallest absolute Gasteiger partial charge is 0.288 e. The third kappa shape index (κ3) is 4.91. The van der Waals surface area contributed by atoms with Crippen LogP contribution in [0.15, 0.2) is 53.9 Å². The van der Waals surface area contributed by atoms with Gasteiger partial charge in [0.05, 0.1) is 10.6 Å². The number of rotatable bonds is 5. The number of nitrogens with zero attached hydrogens (tertiary/aromatic N) is 2. The van der Waals surface area contributed by atoms with Crippen LogP contribution in [0.4, 0.5) is 10.8 Å². The standard InChI is InChI=1S/C18H11Cl2N3O3S/c19-13-5-3-12(4-6-13)15-10-27-18(21-15)22-17(24)8-2-11-1-7-14(20)16(9-11)23(25)26/h1-10H,(H,21,22,24). The van der Waals surface area contributed by atoms with E-state index in [2.05, 4.69) is 10.3 Å². The maximum atomic E-state index is 12.1. The lowest BCUT2D eigenvalue weighted by Gasteiger charge is -1.99. The molecule has 27 heavy (non-hydrogen) atoms. The molecule has 0 aliphatic rings. The number of carbonyl (C=O) groups excluding carboxylic acids is 1. The molecule has 3 aromatic rings. The van der Waals surface area contributed by atoms with Crippen molar-refractivity contribution in [1.29, 1.82) is 0 Å². The van der Waals surface area contributed by atoms with E-state index in [-0.39, 0.29) is 10.7 Å². The van der Waals surface area contributed by atoms with E-state index < -0.39 is 10.8 Å². The van der Waals surface area contributed by atoms with Crippen molar-refractivity contribution in [3.05, 3.63) is 79.6 Å². The summed E-state index contributed by atoms with van der Waals surface area (Å²) in [5, 5.41) is 16.5. The molecule has 2 aromatic carbocycles. The highest BCUT2D eigenvalue weighted by Gasteiger charge is 2.12. The zero-order valence-electron chi connectivity index (χ0n) is 13.6. The van der Waals surface area contributed by atoms with E-state index in [0.717, 1.165) is 11.3 Å². The number of halogens is 2. The van der Waals surface area contributed by atoms with Crippen LogP contribution in [-0.2, 0) is 4.79 Å². The molecule has 0 atom stereocenters. The Morgan fingerprint density at radius 1 is 1.19 bits per heavy atom. The number of hydrogen-bond donors (Lipinski definition) is 1. The van der Waals surface area contributed by atoms with E-state index >= 15 is 0 Å². The van der Waals surface area contributed by atoms with E-state index in [1.165, 1.54) is 35.6 Å². The second-order valence-corrected chi connectivity index (χ2v) is 7.04. The second kappa shape index (κ2) is 8.30. The van der Waals surface area contributed by atoms with Crippen LogP contribution >= 0.6 is 34.5 Å². The van der Waals surface area contributed by atoms with Crippen molar-refractivity contribution in [3.63, 3.8) is 0 Å². The van der Waals surface area contributed by atoms with Crippen LogP contribution in [-0.4, -0.2) is 15.8 Å². The fourth-order valence-electron chi connectivity index (χ4n) is 2.18. The number of nitrogens with one attached hydrogen (secondary N) is 1. The van der Waals surface area contributed by atoms with E-state index in [1.807, 2.05) is 17.5 Å². The maximum absolute atomic E-state index is 12.1.